The van der Waals surface area contributed by atoms with Gasteiger partial charge >= 0.3 is 0 Å². The highest BCUT2D eigenvalue weighted by atomic mass is 32.1. The van der Waals surface area contributed by atoms with Gasteiger partial charge in [0.25, 0.3) is 5.91 Å². The van der Waals surface area contributed by atoms with Gasteiger partial charge in [-0.3, -0.25) is 9.69 Å². The van der Waals surface area contributed by atoms with E-state index in [9.17, 15) is 9.18 Å². The number of methoxy groups -OCH3 is 1. The van der Waals surface area contributed by atoms with Crippen molar-refractivity contribution in [2.24, 2.45) is 0 Å². The Hall–Kier alpha value is -2.97. The number of hydrogen-bond acceptors (Lipinski definition) is 6. The van der Waals surface area contributed by atoms with Crippen LogP contribution in [0.3, 0.4) is 0 Å². The molecule has 2 aromatic carbocycles. The van der Waals surface area contributed by atoms with E-state index in [1.165, 1.54) is 30.1 Å². The zero-order valence-corrected chi connectivity index (χ0v) is 20.0. The molecule has 8 heteroatoms. The standard InChI is InChI=1S/C25H28FN3O3S/c1-17-4-7-20(8-5-17)32-16-23-27-18(2)24(33-23)25(30)29-12-10-28(11-13-29)15-19-6-9-22(31-3)21(26)14-19/h4-9,14H,10-13,15-16H2,1-3H3. The van der Waals surface area contributed by atoms with Gasteiger partial charge in [0.15, 0.2) is 11.6 Å². The average Bonchev–Trinajstić information content (AvgIpc) is 3.19. The molecule has 0 saturated carbocycles. The number of piperazine rings is 1. The highest BCUT2D eigenvalue weighted by molar-refractivity contribution is 7.13. The second-order valence-electron chi connectivity index (χ2n) is 8.16. The van der Waals surface area contributed by atoms with Gasteiger partial charge in [-0.2, -0.15) is 0 Å². The van der Waals surface area contributed by atoms with Crippen LogP contribution in [0.5, 0.6) is 11.5 Å². The molecule has 1 saturated heterocycles. The number of carbonyl (C=O) groups excluding carboxylic acids is 1. The summed E-state index contributed by atoms with van der Waals surface area (Å²) in [5, 5.41) is 0.789. The first kappa shape index (κ1) is 23.2. The summed E-state index contributed by atoms with van der Waals surface area (Å²) >= 11 is 1.40. The van der Waals surface area contributed by atoms with Gasteiger partial charge in [0, 0.05) is 32.7 Å². The number of halogens is 1. The minimum Gasteiger partial charge on any atom is -0.494 e. The van der Waals surface area contributed by atoms with Crippen LogP contribution in [-0.4, -0.2) is 54.0 Å². The van der Waals surface area contributed by atoms with Crippen LogP contribution in [0.25, 0.3) is 0 Å². The SMILES string of the molecule is COc1ccc(CN2CCN(C(=O)c3sc(COc4ccc(C)cc4)nc3C)CC2)cc1F. The van der Waals surface area contributed by atoms with Crippen LogP contribution in [0, 0.1) is 19.7 Å². The third-order valence-corrected chi connectivity index (χ3v) is 6.82. The number of ether oxygens (including phenoxy) is 2. The third-order valence-electron chi connectivity index (χ3n) is 5.70. The molecule has 33 heavy (non-hydrogen) atoms. The lowest BCUT2D eigenvalue weighted by molar-refractivity contribution is 0.0632. The molecule has 4 rings (SSSR count). The van der Waals surface area contributed by atoms with Crippen molar-refractivity contribution in [1.82, 2.24) is 14.8 Å². The lowest BCUT2D eigenvalue weighted by Gasteiger charge is -2.34. The molecule has 0 unspecified atom stereocenters. The fourth-order valence-corrected chi connectivity index (χ4v) is 4.76. The third kappa shape index (κ3) is 5.69. The smallest absolute Gasteiger partial charge is 0.265 e. The molecule has 1 amide bonds. The van der Waals surface area contributed by atoms with Crippen LogP contribution in [0.4, 0.5) is 4.39 Å². The first-order chi connectivity index (χ1) is 15.9. The minimum atomic E-state index is -0.355. The van der Waals surface area contributed by atoms with Gasteiger partial charge in [0.05, 0.1) is 12.8 Å². The van der Waals surface area contributed by atoms with Crippen LogP contribution in [0.1, 0.15) is 31.5 Å². The van der Waals surface area contributed by atoms with Crippen LogP contribution in [-0.2, 0) is 13.2 Å². The van der Waals surface area contributed by atoms with Gasteiger partial charge < -0.3 is 14.4 Å². The Morgan fingerprint density at radius 2 is 1.82 bits per heavy atom. The molecule has 2 heterocycles. The van der Waals surface area contributed by atoms with Crippen LogP contribution in [0.15, 0.2) is 42.5 Å². The maximum Gasteiger partial charge on any atom is 0.265 e. The molecule has 6 nitrogen and oxygen atoms in total. The Balaban J connectivity index is 1.31. The van der Waals surface area contributed by atoms with Crippen LogP contribution >= 0.6 is 11.3 Å². The molecule has 0 atom stereocenters. The van der Waals surface area contributed by atoms with Crippen molar-refractivity contribution >= 4 is 17.2 Å². The van der Waals surface area contributed by atoms with E-state index < -0.39 is 0 Å². The first-order valence-electron chi connectivity index (χ1n) is 10.9. The second-order valence-corrected chi connectivity index (χ2v) is 9.24. The second kappa shape index (κ2) is 10.3. The van der Waals surface area contributed by atoms with E-state index in [-0.39, 0.29) is 17.5 Å². The molecular formula is C25H28FN3O3S. The zero-order valence-electron chi connectivity index (χ0n) is 19.1. The molecule has 1 aromatic heterocycles. The number of amides is 1. The van der Waals surface area contributed by atoms with Crippen LogP contribution < -0.4 is 9.47 Å². The number of thiazole rings is 1. The Kier molecular flexibility index (Phi) is 7.25. The van der Waals surface area contributed by atoms with Crippen molar-refractivity contribution in [3.8, 4) is 11.5 Å². The summed E-state index contributed by atoms with van der Waals surface area (Å²) < 4.78 is 24.8. The Bertz CT molecular complexity index is 1110. The Labute approximate surface area is 197 Å². The molecule has 1 aliphatic heterocycles. The lowest BCUT2D eigenvalue weighted by atomic mass is 10.1. The molecule has 0 spiro atoms. The van der Waals surface area contributed by atoms with Gasteiger partial charge in [-0.05, 0) is 43.7 Å². The fourth-order valence-electron chi connectivity index (χ4n) is 3.81. The summed E-state index contributed by atoms with van der Waals surface area (Å²) in [7, 11) is 1.46. The first-order valence-corrected chi connectivity index (χ1v) is 11.7. The van der Waals surface area contributed by atoms with Gasteiger partial charge in [-0.25, -0.2) is 9.37 Å². The summed E-state index contributed by atoms with van der Waals surface area (Å²) in [6.07, 6.45) is 0. The topological polar surface area (TPSA) is 54.9 Å². The van der Waals surface area contributed by atoms with Gasteiger partial charge in [0.1, 0.15) is 22.2 Å². The van der Waals surface area contributed by atoms with E-state index in [2.05, 4.69) is 9.88 Å². The predicted molar refractivity (Wildman–Crippen MR) is 126 cm³/mol. The molecule has 174 valence electrons. The minimum absolute atomic E-state index is 0.0155. The molecule has 0 N–H and O–H groups in total. The average molecular weight is 470 g/mol. The largest absolute Gasteiger partial charge is 0.494 e. The van der Waals surface area contributed by atoms with E-state index in [1.807, 2.05) is 49.1 Å². The Morgan fingerprint density at radius 1 is 1.09 bits per heavy atom. The van der Waals surface area contributed by atoms with Crippen molar-refractivity contribution in [3.63, 3.8) is 0 Å². The fraction of sp³-hybridized carbons (Fsp3) is 0.360. The normalized spacial score (nSPS) is 14.4. The monoisotopic (exact) mass is 469 g/mol. The summed E-state index contributed by atoms with van der Waals surface area (Å²) in [5.41, 5.74) is 2.81. The van der Waals surface area contributed by atoms with Crippen molar-refractivity contribution in [2.45, 2.75) is 27.0 Å². The molecule has 0 bridgehead atoms. The highest BCUT2D eigenvalue weighted by Crippen LogP contribution is 2.24. The van der Waals surface area contributed by atoms with E-state index in [4.69, 9.17) is 9.47 Å². The molecule has 0 radical (unpaired) electrons. The zero-order chi connectivity index (χ0) is 23.4. The van der Waals surface area contributed by atoms with Crippen molar-refractivity contribution in [3.05, 3.63) is 75.0 Å². The number of benzene rings is 2. The van der Waals surface area contributed by atoms with Gasteiger partial charge in [-0.15, -0.1) is 11.3 Å². The molecular weight excluding hydrogens is 441 g/mol. The molecule has 1 fully saturated rings. The molecule has 0 aliphatic carbocycles. The van der Waals surface area contributed by atoms with Gasteiger partial charge in [0.2, 0.25) is 0 Å². The predicted octanol–water partition coefficient (Wildman–Crippen LogP) is 4.44. The van der Waals surface area contributed by atoms with E-state index in [0.717, 1.165) is 35.1 Å². The summed E-state index contributed by atoms with van der Waals surface area (Å²) in [5.74, 6) is 0.695. The van der Waals surface area contributed by atoms with Gasteiger partial charge in [-0.1, -0.05) is 23.8 Å². The van der Waals surface area contributed by atoms with Crippen molar-refractivity contribution in [1.29, 1.82) is 0 Å². The maximum atomic E-state index is 14.0. The molecule has 1 aliphatic rings. The van der Waals surface area contributed by atoms with Crippen LogP contribution in [0.2, 0.25) is 0 Å². The van der Waals surface area contributed by atoms with E-state index in [1.54, 1.807) is 6.07 Å². The lowest BCUT2D eigenvalue weighted by Crippen LogP contribution is -2.48. The number of hydrogen-bond donors (Lipinski definition) is 0. The number of rotatable bonds is 7. The quantitative estimate of drug-likeness (QED) is 0.512. The summed E-state index contributed by atoms with van der Waals surface area (Å²) in [6.45, 7) is 7.62. The summed E-state index contributed by atoms with van der Waals surface area (Å²) in [6, 6.07) is 12.9. The number of aryl methyl sites for hydroxylation is 2. The summed E-state index contributed by atoms with van der Waals surface area (Å²) in [4.78, 5) is 22.4. The highest BCUT2D eigenvalue weighted by Gasteiger charge is 2.25. The number of aromatic nitrogens is 1. The van der Waals surface area contributed by atoms with Crippen molar-refractivity contribution in [2.75, 3.05) is 33.3 Å². The Morgan fingerprint density at radius 3 is 2.48 bits per heavy atom. The van der Waals surface area contributed by atoms with E-state index in [0.29, 0.717) is 31.1 Å². The van der Waals surface area contributed by atoms with Crippen molar-refractivity contribution < 1.29 is 18.7 Å². The molecule has 3 aromatic rings. The number of nitrogens with zero attached hydrogens (tertiary/aromatic N) is 3. The van der Waals surface area contributed by atoms with E-state index >= 15 is 0 Å². The maximum absolute atomic E-state index is 14.0. The number of carbonyl (C=O) groups is 1.